The molecule has 0 amide bonds. The van der Waals surface area contributed by atoms with Crippen LogP contribution in [-0.4, -0.2) is 68.4 Å². The molecule has 0 N–H and O–H groups in total. The van der Waals surface area contributed by atoms with Gasteiger partial charge in [0.05, 0.1) is 56.9 Å². The Kier molecular flexibility index (Phi) is 19.9. The smallest absolute Gasteiger partial charge is 0.133 e. The number of ketones is 2. The van der Waals surface area contributed by atoms with Crippen LogP contribution in [-0.2, 0) is 55.7 Å². The van der Waals surface area contributed by atoms with Crippen LogP contribution in [0.5, 0.6) is 46.0 Å². The number of hydrogen-bond acceptors (Lipinski definition) is 10. The third kappa shape index (κ3) is 15.4. The average molecular weight is 823 g/mol. The van der Waals surface area contributed by atoms with Gasteiger partial charge in [0.15, 0.2) is 0 Å². The van der Waals surface area contributed by atoms with E-state index in [2.05, 4.69) is 0 Å². The fraction of sp³-hybridized carbons (Fsp3) is 0.381. The molecule has 0 bridgehead atoms. The van der Waals surface area contributed by atoms with Gasteiger partial charge in [-0.1, -0.05) is 0 Å². The maximum Gasteiger partial charge on any atom is 0.133 e. The summed E-state index contributed by atoms with van der Waals surface area (Å²) < 4.78 is 42.1. The van der Waals surface area contributed by atoms with Gasteiger partial charge in [0.25, 0.3) is 0 Å². The summed E-state index contributed by atoms with van der Waals surface area (Å²) in [6.07, 6.45) is 4.58. The van der Waals surface area contributed by atoms with Crippen LogP contribution in [0.2, 0.25) is 0 Å². The van der Waals surface area contributed by atoms with Crippen LogP contribution < -0.4 is 37.9 Å². The molecule has 0 aliphatic heterocycles. The van der Waals surface area contributed by atoms with E-state index in [-0.39, 0.29) is 32.0 Å². The van der Waals surface area contributed by atoms with Gasteiger partial charge in [0, 0.05) is 70.4 Å². The van der Waals surface area contributed by atoms with Gasteiger partial charge in [0.1, 0.15) is 57.6 Å². The Hall–Kier alpha value is -4.72. The normalized spacial score (nSPS) is 10.1. The molecule has 0 spiro atoms. The van der Waals surface area contributed by atoms with Gasteiger partial charge >= 0.3 is 0 Å². The van der Waals surface area contributed by atoms with Gasteiger partial charge in [-0.15, -0.1) is 0 Å². The second-order valence-electron chi connectivity index (χ2n) is 12.0. The monoisotopic (exact) mass is 822 g/mol. The molecular weight excluding hydrogens is 771 g/mol. The second-order valence-corrected chi connectivity index (χ2v) is 12.0. The molecule has 11 heteroatoms. The molecular formula is C42H52O10Pd. The molecule has 0 aliphatic carbocycles. The summed E-state index contributed by atoms with van der Waals surface area (Å²) in [7, 11) is 12.9. The van der Waals surface area contributed by atoms with Crippen molar-refractivity contribution in [3.8, 4) is 46.0 Å². The summed E-state index contributed by atoms with van der Waals surface area (Å²) in [5.41, 5.74) is 4.10. The fourth-order valence-electron chi connectivity index (χ4n) is 5.43. The molecule has 0 heterocycles. The van der Waals surface area contributed by atoms with Gasteiger partial charge in [0.2, 0.25) is 0 Å². The first-order valence-electron chi connectivity index (χ1n) is 17.1. The van der Waals surface area contributed by atoms with Crippen LogP contribution in [0.4, 0.5) is 0 Å². The Morgan fingerprint density at radius 2 is 0.472 bits per heavy atom. The number of carbonyl (C=O) groups excluding carboxylic acids is 2. The summed E-state index contributed by atoms with van der Waals surface area (Å²) in [6, 6.07) is 22.7. The molecule has 0 aromatic heterocycles. The molecule has 0 saturated carbocycles. The molecule has 290 valence electrons. The van der Waals surface area contributed by atoms with Gasteiger partial charge in [-0.05, 0) is 96.5 Å². The largest absolute Gasteiger partial charge is 0.497 e. The van der Waals surface area contributed by atoms with E-state index in [0.29, 0.717) is 51.4 Å². The zero-order chi connectivity index (χ0) is 37.9. The zero-order valence-electron chi connectivity index (χ0n) is 32.0. The quantitative estimate of drug-likeness (QED) is 0.0824. The Morgan fingerprint density at radius 3 is 0.604 bits per heavy atom. The molecule has 0 atom stereocenters. The van der Waals surface area contributed by atoms with E-state index in [9.17, 15) is 9.59 Å². The van der Waals surface area contributed by atoms with Gasteiger partial charge < -0.3 is 37.9 Å². The third-order valence-corrected chi connectivity index (χ3v) is 8.41. The molecule has 0 aliphatic rings. The Morgan fingerprint density at radius 1 is 0.321 bits per heavy atom. The van der Waals surface area contributed by atoms with E-state index in [4.69, 9.17) is 37.9 Å². The van der Waals surface area contributed by atoms with Crippen LogP contribution in [0, 0.1) is 0 Å². The van der Waals surface area contributed by atoms with Crippen LogP contribution in [0.3, 0.4) is 0 Å². The van der Waals surface area contributed by atoms with Crippen molar-refractivity contribution in [3.05, 3.63) is 95.1 Å². The first-order valence-corrected chi connectivity index (χ1v) is 17.1. The van der Waals surface area contributed by atoms with Crippen LogP contribution >= 0.6 is 0 Å². The number of carbonyl (C=O) groups is 2. The van der Waals surface area contributed by atoms with Gasteiger partial charge in [-0.2, -0.15) is 0 Å². The third-order valence-electron chi connectivity index (χ3n) is 8.41. The van der Waals surface area contributed by atoms with E-state index in [0.717, 1.165) is 68.2 Å². The minimum Gasteiger partial charge on any atom is -0.497 e. The molecule has 4 rings (SSSR count). The minimum absolute atomic E-state index is 0. The van der Waals surface area contributed by atoms with E-state index in [1.165, 1.54) is 0 Å². The summed E-state index contributed by atoms with van der Waals surface area (Å²) in [5, 5.41) is 0. The van der Waals surface area contributed by atoms with Crippen molar-refractivity contribution in [2.24, 2.45) is 0 Å². The SMILES string of the molecule is COc1cc(CCC(=O)CCc2cc(OC)cc(OC)c2)cc(OC)c1.COc1cc(CCC(=O)CCc2cc(OC)cc(OC)c2)cc(OC)c1.[Pd]. The number of hydrogen-bond donors (Lipinski definition) is 0. The maximum atomic E-state index is 12.3. The van der Waals surface area contributed by atoms with Crippen molar-refractivity contribution in [1.82, 2.24) is 0 Å². The molecule has 53 heavy (non-hydrogen) atoms. The number of rotatable bonds is 20. The second kappa shape index (κ2) is 23.8. The maximum absolute atomic E-state index is 12.3. The number of benzene rings is 4. The molecule has 0 unspecified atom stereocenters. The number of Topliss-reactive ketones (excluding diaryl/α,β-unsaturated/α-hetero) is 2. The van der Waals surface area contributed by atoms with Crippen LogP contribution in [0.15, 0.2) is 72.8 Å². The number of ether oxygens (including phenoxy) is 8. The minimum atomic E-state index is 0. The molecule has 4 aromatic rings. The predicted molar refractivity (Wildman–Crippen MR) is 201 cm³/mol. The van der Waals surface area contributed by atoms with Crippen molar-refractivity contribution in [1.29, 1.82) is 0 Å². The van der Waals surface area contributed by atoms with Crippen molar-refractivity contribution >= 4 is 11.6 Å². The summed E-state index contributed by atoms with van der Waals surface area (Å²) in [6.45, 7) is 0. The van der Waals surface area contributed by atoms with E-state index in [1.54, 1.807) is 56.9 Å². The van der Waals surface area contributed by atoms with Crippen molar-refractivity contribution in [2.45, 2.75) is 51.4 Å². The first kappa shape index (κ1) is 44.4. The Balaban J connectivity index is 0.000000360. The van der Waals surface area contributed by atoms with Crippen LogP contribution in [0.25, 0.3) is 0 Å². The van der Waals surface area contributed by atoms with Gasteiger partial charge in [-0.3, -0.25) is 9.59 Å². The van der Waals surface area contributed by atoms with Gasteiger partial charge in [-0.25, -0.2) is 0 Å². The van der Waals surface area contributed by atoms with Crippen molar-refractivity contribution in [3.63, 3.8) is 0 Å². The first-order chi connectivity index (χ1) is 25.1. The molecule has 4 aromatic carbocycles. The van der Waals surface area contributed by atoms with Crippen molar-refractivity contribution in [2.75, 3.05) is 56.9 Å². The number of aryl methyl sites for hydroxylation is 4. The Labute approximate surface area is 327 Å². The van der Waals surface area contributed by atoms with E-state index >= 15 is 0 Å². The molecule has 0 saturated heterocycles. The molecule has 0 fully saturated rings. The number of methoxy groups -OCH3 is 8. The predicted octanol–water partition coefficient (Wildman–Crippen LogP) is 7.71. The topological polar surface area (TPSA) is 108 Å². The van der Waals surface area contributed by atoms with Crippen molar-refractivity contribution < 1.29 is 67.9 Å². The van der Waals surface area contributed by atoms with Crippen LogP contribution in [0.1, 0.15) is 47.9 Å². The van der Waals surface area contributed by atoms with E-state index < -0.39 is 0 Å². The Bertz CT molecular complexity index is 1400. The summed E-state index contributed by atoms with van der Waals surface area (Å²) in [4.78, 5) is 24.6. The fourth-order valence-corrected chi connectivity index (χ4v) is 5.43. The molecule has 0 radical (unpaired) electrons. The summed E-state index contributed by atoms with van der Waals surface area (Å²) >= 11 is 0. The summed E-state index contributed by atoms with van der Waals surface area (Å²) in [5.74, 6) is 6.29. The molecule has 10 nitrogen and oxygen atoms in total. The van der Waals surface area contributed by atoms with E-state index in [1.807, 2.05) is 72.8 Å². The zero-order valence-corrected chi connectivity index (χ0v) is 33.5. The average Bonchev–Trinajstić information content (AvgIpc) is 3.19. The standard InChI is InChI=1S/2C21H26O5.Pd/c2*1-23-18-9-15(10-19(13-18)24-2)5-7-17(22)8-6-16-11-20(25-3)14-21(12-16)26-4;/h2*9-14H,5-8H2,1-4H3;.